The summed E-state index contributed by atoms with van der Waals surface area (Å²) >= 11 is 0. The zero-order chi connectivity index (χ0) is 18.6. The van der Waals surface area contributed by atoms with Crippen molar-refractivity contribution in [2.24, 2.45) is 0 Å². The van der Waals surface area contributed by atoms with Crippen LogP contribution in [0.4, 0.5) is 0 Å². The van der Waals surface area contributed by atoms with Gasteiger partial charge in [0, 0.05) is 12.0 Å². The molecule has 0 aliphatic heterocycles. The van der Waals surface area contributed by atoms with E-state index in [9.17, 15) is 4.79 Å². The summed E-state index contributed by atoms with van der Waals surface area (Å²) in [5.41, 5.74) is 4.49. The average molecular weight is 351 g/mol. The molecule has 2 rings (SSSR count). The van der Waals surface area contributed by atoms with Crippen molar-refractivity contribution in [3.05, 3.63) is 70.8 Å². The molecule has 0 aliphatic rings. The van der Waals surface area contributed by atoms with E-state index in [1.54, 1.807) is 0 Å². The fourth-order valence-corrected chi connectivity index (χ4v) is 3.31. The minimum atomic E-state index is 0.195. The second-order valence-corrected chi connectivity index (χ2v) is 7.51. The molecule has 140 valence electrons. The van der Waals surface area contributed by atoms with Gasteiger partial charge in [-0.25, -0.2) is 0 Å². The highest BCUT2D eigenvalue weighted by atomic mass is 16.1. The Labute approximate surface area is 159 Å². The number of ketones is 1. The Morgan fingerprint density at radius 3 is 1.85 bits per heavy atom. The van der Waals surface area contributed by atoms with Crippen molar-refractivity contribution in [3.63, 3.8) is 0 Å². The molecule has 0 aliphatic carbocycles. The Kier molecular flexibility index (Phi) is 9.17. The number of unbranched alkanes of at least 4 members (excludes halogenated alkanes) is 7. The van der Waals surface area contributed by atoms with Crippen LogP contribution in [-0.2, 0) is 12.8 Å². The summed E-state index contributed by atoms with van der Waals surface area (Å²) in [5.74, 6) is 0.195. The van der Waals surface area contributed by atoms with E-state index >= 15 is 0 Å². The van der Waals surface area contributed by atoms with Gasteiger partial charge in [0.2, 0.25) is 0 Å². The number of hydrogen-bond acceptors (Lipinski definition) is 1. The van der Waals surface area contributed by atoms with Gasteiger partial charge in [-0.1, -0.05) is 106 Å². The SMILES string of the molecule is CCCCCCCCCCc1ccc(CC(=O)c2ccc(C)cc2)cc1. The monoisotopic (exact) mass is 350 g/mol. The van der Waals surface area contributed by atoms with Crippen LogP contribution < -0.4 is 0 Å². The topological polar surface area (TPSA) is 17.1 Å². The molecule has 2 aromatic rings. The van der Waals surface area contributed by atoms with E-state index < -0.39 is 0 Å². The Morgan fingerprint density at radius 1 is 0.692 bits per heavy atom. The minimum Gasteiger partial charge on any atom is -0.294 e. The smallest absolute Gasteiger partial charge is 0.167 e. The Hall–Kier alpha value is -1.89. The van der Waals surface area contributed by atoms with E-state index in [0.717, 1.165) is 17.5 Å². The molecule has 0 saturated carbocycles. The molecule has 0 unspecified atom stereocenters. The largest absolute Gasteiger partial charge is 0.294 e. The molecular formula is C25H34O. The molecular weight excluding hydrogens is 316 g/mol. The van der Waals surface area contributed by atoms with E-state index in [1.165, 1.54) is 62.5 Å². The molecule has 1 heteroatoms. The highest BCUT2D eigenvalue weighted by molar-refractivity contribution is 5.97. The molecule has 0 spiro atoms. The lowest BCUT2D eigenvalue weighted by molar-refractivity contribution is 0.0993. The summed E-state index contributed by atoms with van der Waals surface area (Å²) in [4.78, 5) is 12.3. The maximum Gasteiger partial charge on any atom is 0.167 e. The van der Waals surface area contributed by atoms with Crippen LogP contribution in [0.2, 0.25) is 0 Å². The third-order valence-electron chi connectivity index (χ3n) is 5.08. The van der Waals surface area contributed by atoms with Crippen LogP contribution in [0.25, 0.3) is 0 Å². The maximum absolute atomic E-state index is 12.3. The molecule has 0 heterocycles. The van der Waals surface area contributed by atoms with Crippen LogP contribution in [0.3, 0.4) is 0 Å². The summed E-state index contributed by atoms with van der Waals surface area (Å²) in [6, 6.07) is 16.5. The van der Waals surface area contributed by atoms with Crippen LogP contribution >= 0.6 is 0 Å². The van der Waals surface area contributed by atoms with Crippen molar-refractivity contribution in [1.29, 1.82) is 0 Å². The minimum absolute atomic E-state index is 0.195. The van der Waals surface area contributed by atoms with Crippen LogP contribution in [-0.4, -0.2) is 5.78 Å². The van der Waals surface area contributed by atoms with E-state index in [2.05, 4.69) is 31.2 Å². The third-order valence-corrected chi connectivity index (χ3v) is 5.08. The molecule has 0 N–H and O–H groups in total. The number of Topliss-reactive ketones (excluding diaryl/α,β-unsaturated/α-hetero) is 1. The Bertz CT molecular complexity index is 637. The molecule has 26 heavy (non-hydrogen) atoms. The average Bonchev–Trinajstić information content (AvgIpc) is 2.65. The Balaban J connectivity index is 1.67. The fraction of sp³-hybridized carbons (Fsp3) is 0.480. The highest BCUT2D eigenvalue weighted by Crippen LogP contribution is 2.14. The van der Waals surface area contributed by atoms with Gasteiger partial charge >= 0.3 is 0 Å². The first-order valence-electron chi connectivity index (χ1n) is 10.4. The van der Waals surface area contributed by atoms with E-state index in [-0.39, 0.29) is 5.78 Å². The summed E-state index contributed by atoms with van der Waals surface area (Å²) in [6.07, 6.45) is 12.5. The van der Waals surface area contributed by atoms with Crippen molar-refractivity contribution in [2.75, 3.05) is 0 Å². The van der Waals surface area contributed by atoms with Crippen LogP contribution in [0.1, 0.15) is 85.3 Å². The normalized spacial score (nSPS) is 10.8. The zero-order valence-electron chi connectivity index (χ0n) is 16.6. The van der Waals surface area contributed by atoms with Gasteiger partial charge in [0.15, 0.2) is 5.78 Å². The molecule has 0 atom stereocenters. The number of aryl methyl sites for hydroxylation is 2. The van der Waals surface area contributed by atoms with E-state index in [0.29, 0.717) is 6.42 Å². The van der Waals surface area contributed by atoms with Crippen molar-refractivity contribution >= 4 is 5.78 Å². The van der Waals surface area contributed by atoms with Crippen molar-refractivity contribution in [1.82, 2.24) is 0 Å². The maximum atomic E-state index is 12.3. The van der Waals surface area contributed by atoms with Crippen LogP contribution in [0.15, 0.2) is 48.5 Å². The van der Waals surface area contributed by atoms with Gasteiger partial charge in [-0.3, -0.25) is 4.79 Å². The van der Waals surface area contributed by atoms with E-state index in [1.807, 2.05) is 31.2 Å². The van der Waals surface area contributed by atoms with Gasteiger partial charge in [-0.2, -0.15) is 0 Å². The first kappa shape index (κ1) is 20.4. The molecule has 0 bridgehead atoms. The third kappa shape index (κ3) is 7.56. The summed E-state index contributed by atoms with van der Waals surface area (Å²) in [6.45, 7) is 4.31. The van der Waals surface area contributed by atoms with Crippen molar-refractivity contribution in [2.45, 2.75) is 78.1 Å². The fourth-order valence-electron chi connectivity index (χ4n) is 3.31. The van der Waals surface area contributed by atoms with Crippen LogP contribution in [0, 0.1) is 6.92 Å². The van der Waals surface area contributed by atoms with E-state index in [4.69, 9.17) is 0 Å². The predicted octanol–water partition coefficient (Wildman–Crippen LogP) is 7.10. The molecule has 0 fully saturated rings. The standard InChI is InChI=1S/C25H34O/c1-3-4-5-6-7-8-9-10-11-22-14-16-23(17-15-22)20-25(26)24-18-12-21(2)13-19-24/h12-19H,3-11,20H2,1-2H3. The molecule has 0 aromatic heterocycles. The lowest BCUT2D eigenvalue weighted by atomic mass is 9.99. The molecule has 0 radical (unpaired) electrons. The lowest BCUT2D eigenvalue weighted by Gasteiger charge is -2.05. The second kappa shape index (κ2) is 11.7. The summed E-state index contributed by atoms with van der Waals surface area (Å²) < 4.78 is 0. The summed E-state index contributed by atoms with van der Waals surface area (Å²) in [5, 5.41) is 0. The zero-order valence-corrected chi connectivity index (χ0v) is 16.6. The van der Waals surface area contributed by atoms with Gasteiger partial charge in [0.1, 0.15) is 0 Å². The second-order valence-electron chi connectivity index (χ2n) is 7.51. The van der Waals surface area contributed by atoms with Crippen molar-refractivity contribution in [3.8, 4) is 0 Å². The number of hydrogen-bond donors (Lipinski definition) is 0. The van der Waals surface area contributed by atoms with Gasteiger partial charge in [-0.05, 0) is 30.9 Å². The summed E-state index contributed by atoms with van der Waals surface area (Å²) in [7, 11) is 0. The van der Waals surface area contributed by atoms with Crippen LogP contribution in [0.5, 0.6) is 0 Å². The Morgan fingerprint density at radius 2 is 1.23 bits per heavy atom. The predicted molar refractivity (Wildman–Crippen MR) is 112 cm³/mol. The van der Waals surface area contributed by atoms with Gasteiger partial charge in [-0.15, -0.1) is 0 Å². The first-order valence-corrected chi connectivity index (χ1v) is 10.4. The van der Waals surface area contributed by atoms with Gasteiger partial charge in [0.25, 0.3) is 0 Å². The molecule has 1 nitrogen and oxygen atoms in total. The van der Waals surface area contributed by atoms with Gasteiger partial charge < -0.3 is 0 Å². The number of carbonyl (C=O) groups excluding carboxylic acids is 1. The number of rotatable bonds is 12. The quantitative estimate of drug-likeness (QED) is 0.294. The molecule has 0 saturated heterocycles. The van der Waals surface area contributed by atoms with Gasteiger partial charge in [0.05, 0.1) is 0 Å². The molecule has 2 aromatic carbocycles. The lowest BCUT2D eigenvalue weighted by Crippen LogP contribution is -2.03. The van der Waals surface area contributed by atoms with Crippen molar-refractivity contribution < 1.29 is 4.79 Å². The molecule has 0 amide bonds. The highest BCUT2D eigenvalue weighted by Gasteiger charge is 2.07. The number of carbonyl (C=O) groups is 1. The number of benzene rings is 2. The first-order chi connectivity index (χ1) is 12.7.